The summed E-state index contributed by atoms with van der Waals surface area (Å²) in [6.45, 7) is 1.70. The summed E-state index contributed by atoms with van der Waals surface area (Å²) in [4.78, 5) is 34.6. The SMILES string of the molecule is CCCOc1ccccc1OCC(=O)OCC(=O)Nc1ccc(C(N)=O)cc1. The summed E-state index contributed by atoms with van der Waals surface area (Å²) in [6.07, 6.45) is 0.844. The zero-order chi connectivity index (χ0) is 20.4. The van der Waals surface area contributed by atoms with Crippen molar-refractivity contribution in [2.45, 2.75) is 13.3 Å². The molecule has 8 heteroatoms. The molecule has 0 saturated carbocycles. The number of rotatable bonds is 10. The van der Waals surface area contributed by atoms with Gasteiger partial charge in [0.05, 0.1) is 6.61 Å². The van der Waals surface area contributed by atoms with Gasteiger partial charge in [0.1, 0.15) is 0 Å². The molecule has 2 amide bonds. The molecule has 8 nitrogen and oxygen atoms in total. The monoisotopic (exact) mass is 386 g/mol. The first-order chi connectivity index (χ1) is 13.5. The highest BCUT2D eigenvalue weighted by molar-refractivity contribution is 5.95. The molecule has 0 spiro atoms. The van der Waals surface area contributed by atoms with Crippen LogP contribution in [0.2, 0.25) is 0 Å². The molecular weight excluding hydrogens is 364 g/mol. The number of esters is 1. The van der Waals surface area contributed by atoms with Crippen LogP contribution in [0.25, 0.3) is 0 Å². The molecule has 0 aliphatic rings. The van der Waals surface area contributed by atoms with Crippen molar-refractivity contribution in [1.82, 2.24) is 0 Å². The van der Waals surface area contributed by atoms with Crippen LogP contribution >= 0.6 is 0 Å². The lowest BCUT2D eigenvalue weighted by atomic mass is 10.2. The molecule has 3 N–H and O–H groups in total. The molecule has 0 aliphatic carbocycles. The van der Waals surface area contributed by atoms with Gasteiger partial charge in [-0.1, -0.05) is 19.1 Å². The molecule has 0 atom stereocenters. The first-order valence-electron chi connectivity index (χ1n) is 8.69. The third-order valence-corrected chi connectivity index (χ3v) is 3.47. The minimum absolute atomic E-state index is 0.324. The molecule has 0 saturated heterocycles. The van der Waals surface area contributed by atoms with Crippen LogP contribution in [0.3, 0.4) is 0 Å². The van der Waals surface area contributed by atoms with Gasteiger partial charge in [0.2, 0.25) is 5.91 Å². The van der Waals surface area contributed by atoms with E-state index in [4.69, 9.17) is 19.9 Å². The minimum atomic E-state index is -0.690. The van der Waals surface area contributed by atoms with Gasteiger partial charge in [0.15, 0.2) is 24.7 Å². The first-order valence-corrected chi connectivity index (χ1v) is 8.69. The summed E-state index contributed by atoms with van der Waals surface area (Å²) in [5, 5.41) is 2.54. The second kappa shape index (κ2) is 10.6. The predicted molar refractivity (Wildman–Crippen MR) is 102 cm³/mol. The molecule has 0 radical (unpaired) electrons. The molecule has 0 fully saturated rings. The number of nitrogens with one attached hydrogen (secondary N) is 1. The van der Waals surface area contributed by atoms with Gasteiger partial charge in [-0.25, -0.2) is 4.79 Å². The van der Waals surface area contributed by atoms with Gasteiger partial charge in [-0.05, 0) is 42.8 Å². The van der Waals surface area contributed by atoms with E-state index in [1.807, 2.05) is 6.92 Å². The smallest absolute Gasteiger partial charge is 0.344 e. The summed E-state index contributed by atoms with van der Waals surface area (Å²) in [7, 11) is 0. The summed E-state index contributed by atoms with van der Waals surface area (Å²) in [5.41, 5.74) is 5.92. The number of primary amides is 1. The third-order valence-electron chi connectivity index (χ3n) is 3.47. The topological polar surface area (TPSA) is 117 Å². The van der Waals surface area contributed by atoms with Gasteiger partial charge in [-0.15, -0.1) is 0 Å². The van der Waals surface area contributed by atoms with Crippen LogP contribution in [-0.4, -0.2) is 37.6 Å². The molecule has 2 rings (SSSR count). The molecule has 0 bridgehead atoms. The van der Waals surface area contributed by atoms with Crippen LogP contribution in [0.4, 0.5) is 5.69 Å². The van der Waals surface area contributed by atoms with E-state index in [2.05, 4.69) is 5.32 Å². The third kappa shape index (κ3) is 6.64. The number of carbonyl (C=O) groups excluding carboxylic acids is 3. The molecule has 0 aromatic heterocycles. The van der Waals surface area contributed by atoms with Gasteiger partial charge in [-0.3, -0.25) is 9.59 Å². The molecular formula is C20H22N2O6. The van der Waals surface area contributed by atoms with E-state index in [9.17, 15) is 14.4 Å². The Bertz CT molecular complexity index is 820. The fourth-order valence-electron chi connectivity index (χ4n) is 2.14. The molecule has 2 aromatic rings. The fraction of sp³-hybridized carbons (Fsp3) is 0.250. The molecule has 0 unspecified atom stereocenters. The molecule has 0 aliphatic heterocycles. The van der Waals surface area contributed by atoms with E-state index in [1.165, 1.54) is 24.3 Å². The average Bonchev–Trinajstić information content (AvgIpc) is 2.70. The number of nitrogens with two attached hydrogens (primary N) is 1. The van der Waals surface area contributed by atoms with E-state index < -0.39 is 24.4 Å². The van der Waals surface area contributed by atoms with E-state index in [1.54, 1.807) is 24.3 Å². The summed E-state index contributed by atoms with van der Waals surface area (Å²) in [6, 6.07) is 13.0. The second-order valence-electron chi connectivity index (χ2n) is 5.73. The lowest BCUT2D eigenvalue weighted by molar-refractivity contribution is -0.149. The summed E-state index contributed by atoms with van der Waals surface area (Å²) < 4.78 is 15.8. The quantitative estimate of drug-likeness (QED) is 0.604. The number of ether oxygens (including phenoxy) is 3. The zero-order valence-electron chi connectivity index (χ0n) is 15.5. The van der Waals surface area contributed by atoms with Crippen LogP contribution < -0.4 is 20.5 Å². The summed E-state index contributed by atoms with van der Waals surface area (Å²) >= 11 is 0. The van der Waals surface area contributed by atoms with Crippen molar-refractivity contribution in [2.75, 3.05) is 25.1 Å². The number of anilines is 1. The van der Waals surface area contributed by atoms with Crippen molar-refractivity contribution in [1.29, 1.82) is 0 Å². The zero-order valence-corrected chi connectivity index (χ0v) is 15.5. The van der Waals surface area contributed by atoms with Gasteiger partial charge in [0, 0.05) is 11.3 Å². The van der Waals surface area contributed by atoms with Gasteiger partial charge < -0.3 is 25.3 Å². The van der Waals surface area contributed by atoms with Crippen LogP contribution in [0, 0.1) is 0 Å². The van der Waals surface area contributed by atoms with Gasteiger partial charge in [-0.2, -0.15) is 0 Å². The van der Waals surface area contributed by atoms with Crippen molar-refractivity contribution < 1.29 is 28.6 Å². The summed E-state index contributed by atoms with van der Waals surface area (Å²) in [5.74, 6) is -0.814. The maximum absolute atomic E-state index is 11.8. The fourth-order valence-corrected chi connectivity index (χ4v) is 2.14. The predicted octanol–water partition coefficient (Wildman–Crippen LogP) is 2.13. The van der Waals surface area contributed by atoms with Crippen molar-refractivity contribution in [2.24, 2.45) is 5.73 Å². The van der Waals surface area contributed by atoms with Crippen LogP contribution in [0.5, 0.6) is 11.5 Å². The second-order valence-corrected chi connectivity index (χ2v) is 5.73. The highest BCUT2D eigenvalue weighted by Gasteiger charge is 2.11. The molecule has 28 heavy (non-hydrogen) atoms. The van der Waals surface area contributed by atoms with Crippen LogP contribution in [0.15, 0.2) is 48.5 Å². The Morgan fingerprint density at radius 2 is 1.57 bits per heavy atom. The Labute approximate surface area is 162 Å². The Kier molecular flexibility index (Phi) is 7.83. The highest BCUT2D eigenvalue weighted by atomic mass is 16.6. The van der Waals surface area contributed by atoms with Crippen molar-refractivity contribution in [3.63, 3.8) is 0 Å². The minimum Gasteiger partial charge on any atom is -0.490 e. The van der Waals surface area contributed by atoms with Crippen LogP contribution in [-0.2, 0) is 14.3 Å². The Balaban J connectivity index is 1.76. The molecule has 148 valence electrons. The number of benzene rings is 2. The number of carbonyl (C=O) groups is 3. The number of amides is 2. The van der Waals surface area contributed by atoms with Crippen LogP contribution in [0.1, 0.15) is 23.7 Å². The normalized spacial score (nSPS) is 10.0. The standard InChI is InChI=1S/C20H22N2O6/c1-2-11-26-16-5-3-4-6-17(16)27-13-19(24)28-12-18(23)22-15-9-7-14(8-10-15)20(21)25/h3-10H,2,11-13H2,1H3,(H2,21,25)(H,22,23). The Morgan fingerprint density at radius 3 is 2.18 bits per heavy atom. The maximum atomic E-state index is 11.8. The van der Waals surface area contributed by atoms with Crippen molar-refractivity contribution in [3.05, 3.63) is 54.1 Å². The largest absolute Gasteiger partial charge is 0.490 e. The van der Waals surface area contributed by atoms with Gasteiger partial charge >= 0.3 is 5.97 Å². The van der Waals surface area contributed by atoms with E-state index in [-0.39, 0.29) is 6.61 Å². The number of hydrogen-bond acceptors (Lipinski definition) is 6. The first kappa shape index (κ1) is 20.8. The average molecular weight is 386 g/mol. The van der Waals surface area contributed by atoms with E-state index in [0.29, 0.717) is 29.4 Å². The molecule has 2 aromatic carbocycles. The van der Waals surface area contributed by atoms with E-state index in [0.717, 1.165) is 6.42 Å². The van der Waals surface area contributed by atoms with Crippen molar-refractivity contribution >= 4 is 23.5 Å². The van der Waals surface area contributed by atoms with Gasteiger partial charge in [0.25, 0.3) is 5.91 Å². The Morgan fingerprint density at radius 1 is 0.929 bits per heavy atom. The highest BCUT2D eigenvalue weighted by Crippen LogP contribution is 2.26. The van der Waals surface area contributed by atoms with Crippen molar-refractivity contribution in [3.8, 4) is 11.5 Å². The molecule has 0 heterocycles. The number of hydrogen-bond donors (Lipinski definition) is 2. The maximum Gasteiger partial charge on any atom is 0.344 e. The Hall–Kier alpha value is -3.55. The lowest BCUT2D eigenvalue weighted by Crippen LogP contribution is -2.23. The lowest BCUT2D eigenvalue weighted by Gasteiger charge is -2.12. The van der Waals surface area contributed by atoms with E-state index >= 15 is 0 Å². The number of para-hydroxylation sites is 2.